The van der Waals surface area contributed by atoms with Crippen LogP contribution in [0.3, 0.4) is 0 Å². The van der Waals surface area contributed by atoms with E-state index in [1.54, 1.807) is 11.3 Å². The van der Waals surface area contributed by atoms with Crippen molar-refractivity contribution in [3.05, 3.63) is 15.6 Å². The molecule has 0 saturated heterocycles. The number of hydrogen-bond donors (Lipinski definition) is 3. The highest BCUT2D eigenvalue weighted by molar-refractivity contribution is 14.0. The van der Waals surface area contributed by atoms with Gasteiger partial charge in [-0.25, -0.2) is 9.98 Å². The summed E-state index contributed by atoms with van der Waals surface area (Å²) >= 11 is 1.70. The molecule has 1 heterocycles. The summed E-state index contributed by atoms with van der Waals surface area (Å²) in [5.74, 6) is 0.756. The van der Waals surface area contributed by atoms with Gasteiger partial charge < -0.3 is 15.7 Å². The molecule has 1 fully saturated rings. The summed E-state index contributed by atoms with van der Waals surface area (Å²) in [5.41, 5.74) is 0.507. The molecule has 1 aliphatic rings. The van der Waals surface area contributed by atoms with E-state index in [9.17, 15) is 5.11 Å². The third kappa shape index (κ3) is 6.54. The molecule has 0 aromatic carbocycles. The lowest BCUT2D eigenvalue weighted by atomic mass is 9.85. The lowest BCUT2D eigenvalue weighted by molar-refractivity contribution is 0.00859. The second-order valence-electron chi connectivity index (χ2n) is 6.08. The third-order valence-electron chi connectivity index (χ3n) is 4.16. The molecule has 1 aromatic heterocycles. The first-order chi connectivity index (χ1) is 10.5. The number of hydrogen-bond acceptors (Lipinski definition) is 4. The van der Waals surface area contributed by atoms with Crippen molar-refractivity contribution >= 4 is 41.3 Å². The molecule has 7 heteroatoms. The van der Waals surface area contributed by atoms with E-state index in [0.29, 0.717) is 13.1 Å². The standard InChI is InChI=1S/C16H28N4OS.HI/c1-4-17-15(18-10-14-20-12(2)13(3)22-14)19-11-16(21)8-6-5-7-9-16;/h21H,4-11H2,1-3H3,(H2,17,18,19);1H. The molecule has 0 spiro atoms. The van der Waals surface area contributed by atoms with Gasteiger partial charge in [0.1, 0.15) is 5.01 Å². The number of nitrogens with zero attached hydrogens (tertiary/aromatic N) is 2. The average Bonchev–Trinajstić information content (AvgIpc) is 2.81. The highest BCUT2D eigenvalue weighted by Crippen LogP contribution is 2.27. The van der Waals surface area contributed by atoms with E-state index in [1.165, 1.54) is 11.3 Å². The predicted molar refractivity (Wildman–Crippen MR) is 108 cm³/mol. The Morgan fingerprint density at radius 1 is 1.26 bits per heavy atom. The SMILES string of the molecule is CCNC(=NCc1nc(C)c(C)s1)NCC1(O)CCCCC1.I. The van der Waals surface area contributed by atoms with Crippen LogP contribution in [-0.2, 0) is 6.54 Å². The first kappa shape index (κ1) is 20.6. The lowest BCUT2D eigenvalue weighted by Gasteiger charge is -2.32. The Labute approximate surface area is 160 Å². The smallest absolute Gasteiger partial charge is 0.191 e. The number of aliphatic imine (C=N–C) groups is 1. The Hall–Kier alpha value is -0.410. The fraction of sp³-hybridized carbons (Fsp3) is 0.750. The maximum absolute atomic E-state index is 10.6. The summed E-state index contributed by atoms with van der Waals surface area (Å²) < 4.78 is 0. The Balaban J connectivity index is 0.00000264. The van der Waals surface area contributed by atoms with Crippen LogP contribution in [0.1, 0.15) is 54.6 Å². The fourth-order valence-electron chi connectivity index (χ4n) is 2.73. The largest absolute Gasteiger partial charge is 0.388 e. The molecule has 1 aliphatic carbocycles. The number of guanidine groups is 1. The second-order valence-corrected chi connectivity index (χ2v) is 7.37. The van der Waals surface area contributed by atoms with E-state index in [0.717, 1.165) is 48.9 Å². The second kappa shape index (κ2) is 9.78. The number of aryl methyl sites for hydroxylation is 2. The van der Waals surface area contributed by atoms with E-state index >= 15 is 0 Å². The van der Waals surface area contributed by atoms with Crippen molar-refractivity contribution in [2.75, 3.05) is 13.1 Å². The summed E-state index contributed by atoms with van der Waals surface area (Å²) in [6.07, 6.45) is 5.22. The molecule has 132 valence electrons. The van der Waals surface area contributed by atoms with Gasteiger partial charge in [-0.2, -0.15) is 0 Å². The minimum Gasteiger partial charge on any atom is -0.388 e. The fourth-order valence-corrected chi connectivity index (χ4v) is 3.59. The van der Waals surface area contributed by atoms with Gasteiger partial charge in [-0.1, -0.05) is 19.3 Å². The van der Waals surface area contributed by atoms with E-state index in [2.05, 4.69) is 27.5 Å². The third-order valence-corrected chi connectivity index (χ3v) is 5.22. The monoisotopic (exact) mass is 452 g/mol. The zero-order valence-electron chi connectivity index (χ0n) is 14.3. The van der Waals surface area contributed by atoms with Crippen LogP contribution < -0.4 is 10.6 Å². The molecule has 2 rings (SSSR count). The molecule has 0 unspecified atom stereocenters. The summed E-state index contributed by atoms with van der Waals surface area (Å²) in [6.45, 7) is 8.11. The Morgan fingerprint density at radius 2 is 1.96 bits per heavy atom. The van der Waals surface area contributed by atoms with Crippen molar-refractivity contribution < 1.29 is 5.11 Å². The average molecular weight is 452 g/mol. The molecule has 0 bridgehead atoms. The molecule has 1 aromatic rings. The summed E-state index contributed by atoms with van der Waals surface area (Å²) in [7, 11) is 0. The van der Waals surface area contributed by atoms with E-state index in [-0.39, 0.29) is 24.0 Å². The van der Waals surface area contributed by atoms with Gasteiger partial charge in [-0.05, 0) is 33.6 Å². The maximum Gasteiger partial charge on any atom is 0.191 e. The van der Waals surface area contributed by atoms with Crippen LogP contribution in [0, 0.1) is 13.8 Å². The minimum atomic E-state index is -0.581. The van der Waals surface area contributed by atoms with Crippen molar-refractivity contribution in [1.29, 1.82) is 0 Å². The zero-order valence-corrected chi connectivity index (χ0v) is 17.5. The van der Waals surface area contributed by atoms with Crippen LogP contribution in [0.2, 0.25) is 0 Å². The first-order valence-electron chi connectivity index (χ1n) is 8.20. The van der Waals surface area contributed by atoms with E-state index in [4.69, 9.17) is 0 Å². The minimum absolute atomic E-state index is 0. The number of thiazole rings is 1. The molecule has 0 radical (unpaired) electrons. The zero-order chi connectivity index (χ0) is 16.0. The Kier molecular flexibility index (Phi) is 8.78. The summed E-state index contributed by atoms with van der Waals surface area (Å²) in [5, 5.41) is 18.1. The van der Waals surface area contributed by atoms with Crippen LogP contribution in [0.5, 0.6) is 0 Å². The van der Waals surface area contributed by atoms with Gasteiger partial charge in [-0.15, -0.1) is 35.3 Å². The topological polar surface area (TPSA) is 69.5 Å². The Bertz CT molecular complexity index is 493. The molecular formula is C16H29IN4OS. The van der Waals surface area contributed by atoms with Crippen LogP contribution >= 0.6 is 35.3 Å². The number of nitrogens with one attached hydrogen (secondary N) is 2. The highest BCUT2D eigenvalue weighted by Gasteiger charge is 2.29. The van der Waals surface area contributed by atoms with Crippen LogP contribution in [-0.4, -0.2) is 34.7 Å². The molecule has 0 amide bonds. The molecular weight excluding hydrogens is 423 g/mol. The van der Waals surface area contributed by atoms with Crippen molar-refractivity contribution in [2.24, 2.45) is 4.99 Å². The summed E-state index contributed by atoms with van der Waals surface area (Å²) in [4.78, 5) is 10.3. The molecule has 0 aliphatic heterocycles. The molecule has 23 heavy (non-hydrogen) atoms. The van der Waals surface area contributed by atoms with Gasteiger partial charge in [0.05, 0.1) is 17.8 Å². The van der Waals surface area contributed by atoms with Gasteiger partial charge in [-0.3, -0.25) is 0 Å². The van der Waals surface area contributed by atoms with Crippen molar-refractivity contribution in [3.8, 4) is 0 Å². The van der Waals surface area contributed by atoms with Crippen molar-refractivity contribution in [2.45, 2.75) is 65.0 Å². The van der Waals surface area contributed by atoms with Crippen molar-refractivity contribution in [1.82, 2.24) is 15.6 Å². The normalized spacial score (nSPS) is 17.5. The molecule has 3 N–H and O–H groups in total. The highest BCUT2D eigenvalue weighted by atomic mass is 127. The van der Waals surface area contributed by atoms with Gasteiger partial charge in [0.2, 0.25) is 0 Å². The maximum atomic E-state index is 10.6. The van der Waals surface area contributed by atoms with Crippen molar-refractivity contribution in [3.63, 3.8) is 0 Å². The number of rotatable bonds is 5. The van der Waals surface area contributed by atoms with Gasteiger partial charge in [0.25, 0.3) is 0 Å². The first-order valence-corrected chi connectivity index (χ1v) is 9.01. The van der Waals surface area contributed by atoms with E-state index in [1.807, 2.05) is 13.8 Å². The predicted octanol–water partition coefficient (Wildman–Crippen LogP) is 3.13. The Morgan fingerprint density at radius 3 is 2.52 bits per heavy atom. The number of aliphatic hydroxyl groups is 1. The number of halogens is 1. The quantitative estimate of drug-likeness (QED) is 0.365. The molecule has 1 saturated carbocycles. The van der Waals surface area contributed by atoms with E-state index < -0.39 is 5.60 Å². The number of aromatic nitrogens is 1. The van der Waals surface area contributed by atoms with Gasteiger partial charge >= 0.3 is 0 Å². The van der Waals surface area contributed by atoms with Gasteiger partial charge in [0.15, 0.2) is 5.96 Å². The lowest BCUT2D eigenvalue weighted by Crippen LogP contribution is -2.48. The molecule has 5 nitrogen and oxygen atoms in total. The van der Waals surface area contributed by atoms with Crippen LogP contribution in [0.4, 0.5) is 0 Å². The summed E-state index contributed by atoms with van der Waals surface area (Å²) in [6, 6.07) is 0. The molecule has 0 atom stereocenters. The van der Waals surface area contributed by atoms with Crippen LogP contribution in [0.25, 0.3) is 0 Å². The van der Waals surface area contributed by atoms with Crippen LogP contribution in [0.15, 0.2) is 4.99 Å². The van der Waals surface area contributed by atoms with Gasteiger partial charge in [0, 0.05) is 18.0 Å².